The summed E-state index contributed by atoms with van der Waals surface area (Å²) in [7, 11) is 1.72. The predicted molar refractivity (Wildman–Crippen MR) is 71.3 cm³/mol. The van der Waals surface area contributed by atoms with Gasteiger partial charge in [0.2, 0.25) is 0 Å². The van der Waals surface area contributed by atoms with Crippen LogP contribution in [0.3, 0.4) is 0 Å². The van der Waals surface area contributed by atoms with E-state index in [1.54, 1.807) is 7.11 Å². The maximum Gasteiger partial charge on any atom is 0.141 e. The van der Waals surface area contributed by atoms with E-state index >= 15 is 0 Å². The standard InChI is InChI=1S/C16H26O2/c1-11(3-4-18-2)15(17)16-8-12-5-13(9-16)7-14(6-12)10-16/h11-14H,3-10H2,1-2H3. The van der Waals surface area contributed by atoms with Gasteiger partial charge in [0.05, 0.1) is 0 Å². The molecule has 0 radical (unpaired) electrons. The number of ether oxygens (including phenoxy) is 1. The molecular weight excluding hydrogens is 224 g/mol. The van der Waals surface area contributed by atoms with Gasteiger partial charge in [-0.2, -0.15) is 0 Å². The van der Waals surface area contributed by atoms with Crippen molar-refractivity contribution in [3.8, 4) is 0 Å². The maximum absolute atomic E-state index is 12.8. The van der Waals surface area contributed by atoms with Crippen LogP contribution in [0.1, 0.15) is 51.9 Å². The fraction of sp³-hybridized carbons (Fsp3) is 0.938. The number of rotatable bonds is 5. The van der Waals surface area contributed by atoms with Crippen LogP contribution < -0.4 is 0 Å². The van der Waals surface area contributed by atoms with Crippen LogP contribution in [0, 0.1) is 29.1 Å². The summed E-state index contributed by atoms with van der Waals surface area (Å²) in [6.45, 7) is 2.83. The smallest absolute Gasteiger partial charge is 0.141 e. The first kappa shape index (κ1) is 12.7. The van der Waals surface area contributed by atoms with Gasteiger partial charge in [0, 0.05) is 25.0 Å². The number of hydrogen-bond donors (Lipinski definition) is 0. The number of hydrogen-bond acceptors (Lipinski definition) is 2. The van der Waals surface area contributed by atoms with Crippen LogP contribution in [0.25, 0.3) is 0 Å². The first-order valence-corrected chi connectivity index (χ1v) is 7.66. The van der Waals surface area contributed by atoms with E-state index in [2.05, 4.69) is 6.92 Å². The fourth-order valence-corrected chi connectivity index (χ4v) is 5.36. The molecule has 0 spiro atoms. The number of carbonyl (C=O) groups is 1. The van der Waals surface area contributed by atoms with Crippen molar-refractivity contribution >= 4 is 5.78 Å². The van der Waals surface area contributed by atoms with Crippen LogP contribution >= 0.6 is 0 Å². The molecule has 0 saturated heterocycles. The summed E-state index contributed by atoms with van der Waals surface area (Å²) in [6, 6.07) is 0. The van der Waals surface area contributed by atoms with Gasteiger partial charge in [0.1, 0.15) is 5.78 Å². The Morgan fingerprint density at radius 1 is 1.17 bits per heavy atom. The van der Waals surface area contributed by atoms with Crippen LogP contribution in [-0.2, 0) is 9.53 Å². The molecule has 4 fully saturated rings. The molecule has 0 aromatic rings. The van der Waals surface area contributed by atoms with Gasteiger partial charge < -0.3 is 4.74 Å². The molecular formula is C16H26O2. The Balaban J connectivity index is 1.72. The number of methoxy groups -OCH3 is 1. The lowest BCUT2D eigenvalue weighted by Crippen LogP contribution is -2.51. The van der Waals surface area contributed by atoms with Crippen molar-refractivity contribution in [1.29, 1.82) is 0 Å². The molecule has 1 unspecified atom stereocenters. The topological polar surface area (TPSA) is 26.3 Å². The van der Waals surface area contributed by atoms with E-state index in [1.165, 1.54) is 38.5 Å². The Kier molecular flexibility index (Phi) is 3.25. The Bertz CT molecular complexity index is 299. The zero-order valence-corrected chi connectivity index (χ0v) is 11.8. The van der Waals surface area contributed by atoms with Crippen molar-refractivity contribution in [3.63, 3.8) is 0 Å². The second-order valence-corrected chi connectivity index (χ2v) is 7.24. The average Bonchev–Trinajstić information content (AvgIpc) is 2.33. The lowest BCUT2D eigenvalue weighted by molar-refractivity contribution is -0.148. The molecule has 4 aliphatic rings. The Hall–Kier alpha value is -0.370. The molecule has 4 aliphatic carbocycles. The van der Waals surface area contributed by atoms with E-state index in [-0.39, 0.29) is 11.3 Å². The third-order valence-corrected chi connectivity index (χ3v) is 5.76. The van der Waals surface area contributed by atoms with Crippen molar-refractivity contribution in [2.45, 2.75) is 51.9 Å². The molecule has 4 bridgehead atoms. The Labute approximate surface area is 110 Å². The van der Waals surface area contributed by atoms with E-state index in [0.29, 0.717) is 5.78 Å². The Morgan fingerprint density at radius 3 is 2.11 bits per heavy atom. The van der Waals surface area contributed by atoms with Gasteiger partial charge in [-0.15, -0.1) is 0 Å². The van der Waals surface area contributed by atoms with E-state index in [9.17, 15) is 4.79 Å². The largest absolute Gasteiger partial charge is 0.385 e. The molecule has 4 rings (SSSR count). The van der Waals surface area contributed by atoms with Crippen molar-refractivity contribution in [3.05, 3.63) is 0 Å². The maximum atomic E-state index is 12.8. The normalized spacial score (nSPS) is 43.1. The first-order chi connectivity index (χ1) is 8.63. The van der Waals surface area contributed by atoms with Crippen LogP contribution in [0.5, 0.6) is 0 Å². The highest BCUT2D eigenvalue weighted by atomic mass is 16.5. The zero-order chi connectivity index (χ0) is 12.8. The minimum Gasteiger partial charge on any atom is -0.385 e. The third kappa shape index (κ3) is 2.03. The highest BCUT2D eigenvalue weighted by Crippen LogP contribution is 2.60. The van der Waals surface area contributed by atoms with Crippen LogP contribution in [0.4, 0.5) is 0 Å². The lowest BCUT2D eigenvalue weighted by atomic mass is 9.47. The molecule has 0 aromatic carbocycles. The second-order valence-electron chi connectivity index (χ2n) is 7.24. The number of ketones is 1. The molecule has 0 N–H and O–H groups in total. The fourth-order valence-electron chi connectivity index (χ4n) is 5.36. The molecule has 4 saturated carbocycles. The molecule has 18 heavy (non-hydrogen) atoms. The Morgan fingerprint density at radius 2 is 1.67 bits per heavy atom. The highest BCUT2D eigenvalue weighted by molar-refractivity contribution is 5.87. The molecule has 2 heteroatoms. The van der Waals surface area contributed by atoms with Crippen molar-refractivity contribution in [2.24, 2.45) is 29.1 Å². The SMILES string of the molecule is COCCC(C)C(=O)C12CC3CC(CC(C3)C1)C2. The molecule has 0 aromatic heterocycles. The van der Waals surface area contributed by atoms with E-state index in [1.807, 2.05) is 0 Å². The van der Waals surface area contributed by atoms with Gasteiger partial charge in [-0.3, -0.25) is 4.79 Å². The highest BCUT2D eigenvalue weighted by Gasteiger charge is 2.54. The summed E-state index contributed by atoms with van der Waals surface area (Å²) in [4.78, 5) is 12.8. The third-order valence-electron chi connectivity index (χ3n) is 5.76. The van der Waals surface area contributed by atoms with E-state index in [0.717, 1.165) is 30.8 Å². The zero-order valence-electron chi connectivity index (χ0n) is 11.8. The summed E-state index contributed by atoms with van der Waals surface area (Å²) in [5.74, 6) is 3.37. The van der Waals surface area contributed by atoms with Gasteiger partial charge in [-0.25, -0.2) is 0 Å². The molecule has 102 valence electrons. The molecule has 0 heterocycles. The van der Waals surface area contributed by atoms with Gasteiger partial charge in [0.25, 0.3) is 0 Å². The van der Waals surface area contributed by atoms with Gasteiger partial charge in [-0.1, -0.05) is 6.92 Å². The second kappa shape index (κ2) is 4.63. The van der Waals surface area contributed by atoms with Crippen LogP contribution in [0.2, 0.25) is 0 Å². The van der Waals surface area contributed by atoms with Gasteiger partial charge in [0.15, 0.2) is 0 Å². The van der Waals surface area contributed by atoms with Crippen LogP contribution in [-0.4, -0.2) is 19.5 Å². The van der Waals surface area contributed by atoms with Crippen LogP contribution in [0.15, 0.2) is 0 Å². The lowest BCUT2D eigenvalue weighted by Gasteiger charge is -2.56. The summed E-state index contributed by atoms with van der Waals surface area (Å²) >= 11 is 0. The van der Waals surface area contributed by atoms with Gasteiger partial charge >= 0.3 is 0 Å². The van der Waals surface area contributed by atoms with Crippen molar-refractivity contribution < 1.29 is 9.53 Å². The van der Waals surface area contributed by atoms with Crippen molar-refractivity contribution in [2.75, 3.05) is 13.7 Å². The quantitative estimate of drug-likeness (QED) is 0.747. The molecule has 2 nitrogen and oxygen atoms in total. The summed E-state index contributed by atoms with van der Waals surface area (Å²) < 4.78 is 5.13. The minimum atomic E-state index is 0.0852. The molecule has 0 amide bonds. The van der Waals surface area contributed by atoms with Gasteiger partial charge in [-0.05, 0) is 62.7 Å². The number of carbonyl (C=O) groups excluding carboxylic acids is 1. The van der Waals surface area contributed by atoms with Crippen molar-refractivity contribution in [1.82, 2.24) is 0 Å². The molecule has 0 aliphatic heterocycles. The summed E-state index contributed by atoms with van der Waals surface area (Å²) in [5.41, 5.74) is 0.0852. The average molecular weight is 250 g/mol. The summed E-state index contributed by atoms with van der Waals surface area (Å²) in [5, 5.41) is 0. The minimum absolute atomic E-state index is 0.0852. The monoisotopic (exact) mass is 250 g/mol. The summed E-state index contributed by atoms with van der Waals surface area (Å²) in [6.07, 6.45) is 8.76. The molecule has 1 atom stereocenters. The predicted octanol–water partition coefficient (Wildman–Crippen LogP) is 3.44. The number of Topliss-reactive ketones (excluding diaryl/α,β-unsaturated/α-hetero) is 1. The van der Waals surface area contributed by atoms with E-state index in [4.69, 9.17) is 4.74 Å². The van der Waals surface area contributed by atoms with E-state index < -0.39 is 0 Å². The first-order valence-electron chi connectivity index (χ1n) is 7.66.